The number of ether oxygens (including phenoxy) is 1. The van der Waals surface area contributed by atoms with Gasteiger partial charge in [0.25, 0.3) is 5.91 Å². The normalized spacial score (nSPS) is 20.7. The molecule has 3 unspecified atom stereocenters. The molecule has 38 heavy (non-hydrogen) atoms. The summed E-state index contributed by atoms with van der Waals surface area (Å²) in [5.74, 6) is 0.836. The Balaban J connectivity index is 1.58. The molecule has 2 saturated heterocycles. The van der Waals surface area contributed by atoms with E-state index in [0.717, 1.165) is 64.2 Å². The molecular weight excluding hydrogens is 472 g/mol. The number of carbonyl (C=O) groups excluding carboxylic acids is 1. The molecule has 0 radical (unpaired) electrons. The van der Waals surface area contributed by atoms with E-state index in [2.05, 4.69) is 71.0 Å². The summed E-state index contributed by atoms with van der Waals surface area (Å²) in [6, 6.07) is 18.0. The molecule has 3 atom stereocenters. The molecule has 0 aromatic heterocycles. The van der Waals surface area contributed by atoms with Crippen LogP contribution in [0.5, 0.6) is 5.75 Å². The molecule has 0 saturated carbocycles. The molecule has 0 spiro atoms. The maximum Gasteiger partial charge on any atom is 0.265 e. The number of amides is 1. The zero-order valence-electron chi connectivity index (χ0n) is 23.6. The van der Waals surface area contributed by atoms with Crippen molar-refractivity contribution in [3.8, 4) is 5.75 Å². The van der Waals surface area contributed by atoms with Crippen molar-refractivity contribution in [3.63, 3.8) is 0 Å². The summed E-state index contributed by atoms with van der Waals surface area (Å²) in [5.41, 5.74) is 6.25. The first-order chi connectivity index (χ1) is 18.6. The highest BCUT2D eigenvalue weighted by Gasteiger charge is 2.38. The topological polar surface area (TPSA) is 48.0 Å². The van der Waals surface area contributed by atoms with E-state index in [1.165, 1.54) is 24.0 Å². The Morgan fingerprint density at radius 1 is 1.08 bits per heavy atom. The van der Waals surface area contributed by atoms with Gasteiger partial charge in [-0.15, -0.1) is 6.58 Å². The number of likely N-dealkylation sites (tertiary alicyclic amines) is 1. The van der Waals surface area contributed by atoms with Crippen LogP contribution in [-0.4, -0.2) is 72.6 Å². The molecule has 2 aromatic rings. The summed E-state index contributed by atoms with van der Waals surface area (Å²) in [4.78, 5) is 18.4. The van der Waals surface area contributed by atoms with Crippen LogP contribution < -0.4 is 10.2 Å². The van der Waals surface area contributed by atoms with Gasteiger partial charge in [0.1, 0.15) is 5.75 Å². The highest BCUT2D eigenvalue weighted by atomic mass is 16.5. The van der Waals surface area contributed by atoms with Crippen molar-refractivity contribution >= 4 is 5.91 Å². The van der Waals surface area contributed by atoms with Crippen LogP contribution in [0.4, 0.5) is 0 Å². The largest absolute Gasteiger partial charge is 0.497 e. The van der Waals surface area contributed by atoms with Gasteiger partial charge < -0.3 is 4.74 Å². The van der Waals surface area contributed by atoms with Crippen LogP contribution in [-0.2, 0) is 0 Å². The lowest BCUT2D eigenvalue weighted by atomic mass is 9.94. The quantitative estimate of drug-likeness (QED) is 0.274. The Bertz CT molecular complexity index is 1040. The van der Waals surface area contributed by atoms with E-state index in [4.69, 9.17) is 4.74 Å². The third-order valence-electron chi connectivity index (χ3n) is 8.10. The molecule has 4 rings (SSSR count). The number of carbonyl (C=O) groups is 1. The number of rotatable bonds is 13. The zero-order valence-corrected chi connectivity index (χ0v) is 23.6. The predicted molar refractivity (Wildman–Crippen MR) is 155 cm³/mol. The van der Waals surface area contributed by atoms with E-state index in [1.54, 1.807) is 7.11 Å². The molecule has 2 fully saturated rings. The summed E-state index contributed by atoms with van der Waals surface area (Å²) >= 11 is 0. The van der Waals surface area contributed by atoms with Crippen molar-refractivity contribution in [2.45, 2.75) is 70.5 Å². The van der Waals surface area contributed by atoms with E-state index >= 15 is 0 Å². The molecule has 1 N–H and O–H groups in total. The zero-order chi connectivity index (χ0) is 26.9. The van der Waals surface area contributed by atoms with Gasteiger partial charge in [-0.3, -0.25) is 20.0 Å². The molecule has 6 heteroatoms. The second-order valence-electron chi connectivity index (χ2n) is 10.7. The summed E-state index contributed by atoms with van der Waals surface area (Å²) in [7, 11) is 1.72. The van der Waals surface area contributed by atoms with Crippen molar-refractivity contribution in [1.29, 1.82) is 0 Å². The highest BCUT2D eigenvalue weighted by molar-refractivity contribution is 5.93. The molecule has 2 aliphatic rings. The smallest absolute Gasteiger partial charge is 0.265 e. The van der Waals surface area contributed by atoms with Crippen molar-refractivity contribution < 1.29 is 9.53 Å². The number of fused-ring (bicyclic) bond motifs is 2. The average molecular weight is 519 g/mol. The standard InChI is InChI=1S/C32H46N4O2/c1-5-8-21-35(19-6-2)33-32(37)26-14-12-25(13-15-26)31(27-10-9-11-30(23-27)38-4)34-22-18-28-16-17-29(24-34)36(28)20-7-3/h7,9-15,23,28-29,31H,3,5-6,8,16-22,24H2,1-2,4H3,(H,33,37). The van der Waals surface area contributed by atoms with Gasteiger partial charge in [-0.05, 0) is 67.5 Å². The third kappa shape index (κ3) is 6.85. The second kappa shape index (κ2) is 13.9. The van der Waals surface area contributed by atoms with Gasteiger partial charge >= 0.3 is 0 Å². The lowest BCUT2D eigenvalue weighted by Crippen LogP contribution is -2.43. The summed E-state index contributed by atoms with van der Waals surface area (Å²) in [5, 5.41) is 2.06. The fraction of sp³-hybridized carbons (Fsp3) is 0.531. The summed E-state index contributed by atoms with van der Waals surface area (Å²) in [6.45, 7) is 13.1. The van der Waals surface area contributed by atoms with Crippen molar-refractivity contribution in [3.05, 3.63) is 77.9 Å². The fourth-order valence-corrected chi connectivity index (χ4v) is 6.17. The molecule has 2 aliphatic heterocycles. The minimum absolute atomic E-state index is 0.0359. The molecule has 6 nitrogen and oxygen atoms in total. The van der Waals surface area contributed by atoms with Gasteiger partial charge in [-0.2, -0.15) is 0 Å². The van der Waals surface area contributed by atoms with E-state index in [9.17, 15) is 4.79 Å². The molecule has 2 heterocycles. The lowest BCUT2D eigenvalue weighted by Gasteiger charge is -2.34. The number of nitrogens with one attached hydrogen (secondary N) is 1. The summed E-state index contributed by atoms with van der Waals surface area (Å²) in [6.07, 6.45) is 8.93. The Morgan fingerprint density at radius 3 is 2.58 bits per heavy atom. The van der Waals surface area contributed by atoms with E-state index in [0.29, 0.717) is 17.6 Å². The van der Waals surface area contributed by atoms with Gasteiger partial charge in [0.15, 0.2) is 0 Å². The second-order valence-corrected chi connectivity index (χ2v) is 10.7. The number of hydrazine groups is 1. The van der Waals surface area contributed by atoms with E-state index in [1.807, 2.05) is 24.3 Å². The monoisotopic (exact) mass is 518 g/mol. The van der Waals surface area contributed by atoms with Crippen LogP contribution in [0, 0.1) is 0 Å². The Morgan fingerprint density at radius 2 is 1.87 bits per heavy atom. The van der Waals surface area contributed by atoms with Crippen molar-refractivity contribution in [1.82, 2.24) is 20.2 Å². The minimum Gasteiger partial charge on any atom is -0.497 e. The van der Waals surface area contributed by atoms with Gasteiger partial charge in [0.05, 0.1) is 13.2 Å². The molecule has 2 bridgehead atoms. The Kier molecular flexibility index (Phi) is 10.4. The van der Waals surface area contributed by atoms with Crippen LogP contribution in [0.25, 0.3) is 0 Å². The first-order valence-electron chi connectivity index (χ1n) is 14.5. The number of benzene rings is 2. The van der Waals surface area contributed by atoms with Gasteiger partial charge in [0, 0.05) is 50.4 Å². The number of hydrogen-bond donors (Lipinski definition) is 1. The Labute approximate surface area is 229 Å². The van der Waals surface area contributed by atoms with Gasteiger partial charge in [0.2, 0.25) is 0 Å². The number of methoxy groups -OCH3 is 1. The number of unbranched alkanes of at least 4 members (excludes halogenated alkanes) is 1. The van der Waals surface area contributed by atoms with Crippen LogP contribution in [0.2, 0.25) is 0 Å². The Hall–Kier alpha value is -2.67. The predicted octanol–water partition coefficient (Wildman–Crippen LogP) is 5.67. The first kappa shape index (κ1) is 28.3. The van der Waals surface area contributed by atoms with Crippen LogP contribution >= 0.6 is 0 Å². The lowest BCUT2D eigenvalue weighted by molar-refractivity contribution is 0.0785. The summed E-state index contributed by atoms with van der Waals surface area (Å²) < 4.78 is 5.59. The van der Waals surface area contributed by atoms with Crippen molar-refractivity contribution in [2.75, 3.05) is 39.8 Å². The van der Waals surface area contributed by atoms with Gasteiger partial charge in [-0.1, -0.05) is 50.6 Å². The molecule has 0 aliphatic carbocycles. The van der Waals surface area contributed by atoms with Crippen LogP contribution in [0.15, 0.2) is 61.2 Å². The van der Waals surface area contributed by atoms with Crippen molar-refractivity contribution in [2.24, 2.45) is 0 Å². The SMILES string of the molecule is C=CCN1C2CCC1CN(C(c1ccc(C(=O)NN(CCC)CCCC)cc1)c1cccc(OC)c1)CC2. The van der Waals surface area contributed by atoms with Crippen LogP contribution in [0.3, 0.4) is 0 Å². The molecule has 206 valence electrons. The van der Waals surface area contributed by atoms with Crippen LogP contribution in [0.1, 0.15) is 79.9 Å². The first-order valence-corrected chi connectivity index (χ1v) is 14.5. The third-order valence-corrected chi connectivity index (χ3v) is 8.10. The molecule has 1 amide bonds. The molecular formula is C32H46N4O2. The maximum atomic E-state index is 13.1. The van der Waals surface area contributed by atoms with Gasteiger partial charge in [-0.25, -0.2) is 5.01 Å². The number of nitrogens with zero attached hydrogens (tertiary/aromatic N) is 3. The average Bonchev–Trinajstić information content (AvgIpc) is 3.22. The molecule has 2 aromatic carbocycles. The fourth-order valence-electron chi connectivity index (χ4n) is 6.17. The van der Waals surface area contributed by atoms with E-state index < -0.39 is 0 Å². The number of hydrogen-bond acceptors (Lipinski definition) is 5. The minimum atomic E-state index is -0.0359. The highest BCUT2D eigenvalue weighted by Crippen LogP contribution is 2.37. The van der Waals surface area contributed by atoms with E-state index in [-0.39, 0.29) is 11.9 Å². The maximum absolute atomic E-state index is 13.1.